The molecule has 0 atom stereocenters. The van der Waals surface area contributed by atoms with Gasteiger partial charge in [-0.15, -0.1) is 11.3 Å². The minimum Gasteiger partial charge on any atom is -0.354 e. The number of likely N-dealkylation sites (N-methyl/N-ethyl adjacent to an activating group) is 1. The number of carbonyl (C=O) groups is 1. The Kier molecular flexibility index (Phi) is 5.28. The van der Waals surface area contributed by atoms with Gasteiger partial charge in [0.05, 0.1) is 17.1 Å². The van der Waals surface area contributed by atoms with E-state index in [1.54, 1.807) is 11.3 Å². The largest absolute Gasteiger partial charge is 0.354 e. The maximum absolute atomic E-state index is 11.4. The number of amides is 1. The van der Waals surface area contributed by atoms with Crippen LogP contribution in [0, 0.1) is 0 Å². The highest BCUT2D eigenvalue weighted by atomic mass is 32.1. The first-order chi connectivity index (χ1) is 7.26. The van der Waals surface area contributed by atoms with E-state index in [-0.39, 0.29) is 5.91 Å². The highest BCUT2D eigenvalue weighted by Crippen LogP contribution is 2.10. The summed E-state index contributed by atoms with van der Waals surface area (Å²) >= 11 is 1.62. The van der Waals surface area contributed by atoms with E-state index in [4.69, 9.17) is 0 Å². The van der Waals surface area contributed by atoms with Crippen molar-refractivity contribution in [3.8, 4) is 0 Å². The number of rotatable bonds is 6. The molecule has 0 bridgehead atoms. The average Bonchev–Trinajstić information content (AvgIpc) is 2.66. The Balaban J connectivity index is 2.31. The van der Waals surface area contributed by atoms with Crippen molar-refractivity contribution >= 4 is 17.2 Å². The van der Waals surface area contributed by atoms with Gasteiger partial charge in [0.15, 0.2) is 0 Å². The topological polar surface area (TPSA) is 54.0 Å². The summed E-state index contributed by atoms with van der Waals surface area (Å²) in [5.74, 6) is 0.0400. The van der Waals surface area contributed by atoms with E-state index >= 15 is 0 Å². The lowest BCUT2D eigenvalue weighted by atomic mass is 10.3. The van der Waals surface area contributed by atoms with Crippen LogP contribution in [0.4, 0.5) is 0 Å². The molecule has 5 heteroatoms. The monoisotopic (exact) mass is 227 g/mol. The fraction of sp³-hybridized carbons (Fsp3) is 0.600. The van der Waals surface area contributed by atoms with Crippen LogP contribution in [0.15, 0.2) is 5.38 Å². The van der Waals surface area contributed by atoms with Gasteiger partial charge < -0.3 is 10.6 Å². The molecule has 1 aromatic heterocycles. The van der Waals surface area contributed by atoms with Crippen LogP contribution in [0.25, 0.3) is 0 Å². The summed E-state index contributed by atoms with van der Waals surface area (Å²) in [5, 5.41) is 8.84. The van der Waals surface area contributed by atoms with Crippen molar-refractivity contribution < 1.29 is 4.79 Å². The Labute approximate surface area is 94.1 Å². The maximum Gasteiger partial charge on any atom is 0.226 e. The van der Waals surface area contributed by atoms with Gasteiger partial charge in [-0.1, -0.05) is 6.92 Å². The van der Waals surface area contributed by atoms with Crippen LogP contribution in [0.5, 0.6) is 0 Å². The lowest BCUT2D eigenvalue weighted by Crippen LogP contribution is -2.31. The predicted octanol–water partition coefficient (Wildman–Crippen LogP) is 0.584. The van der Waals surface area contributed by atoms with Crippen molar-refractivity contribution in [3.05, 3.63) is 16.1 Å². The second-order valence-electron chi connectivity index (χ2n) is 3.22. The Bertz CT molecular complexity index is 311. The smallest absolute Gasteiger partial charge is 0.226 e. The quantitative estimate of drug-likeness (QED) is 0.699. The van der Waals surface area contributed by atoms with Crippen LogP contribution in [-0.4, -0.2) is 31.0 Å². The summed E-state index contributed by atoms with van der Waals surface area (Å²) in [5.41, 5.74) is 0.874. The zero-order valence-corrected chi connectivity index (χ0v) is 9.99. The summed E-state index contributed by atoms with van der Waals surface area (Å²) < 4.78 is 0. The van der Waals surface area contributed by atoms with Gasteiger partial charge in [0.25, 0.3) is 0 Å². The predicted molar refractivity (Wildman–Crippen MR) is 62.1 cm³/mol. The zero-order chi connectivity index (χ0) is 11.1. The second-order valence-corrected chi connectivity index (χ2v) is 4.16. The molecular formula is C10H17N3OS. The van der Waals surface area contributed by atoms with E-state index in [1.807, 2.05) is 12.4 Å². The number of carbonyl (C=O) groups excluding carboxylic acids is 1. The van der Waals surface area contributed by atoms with E-state index < -0.39 is 0 Å². The van der Waals surface area contributed by atoms with Gasteiger partial charge in [0, 0.05) is 18.5 Å². The van der Waals surface area contributed by atoms with Crippen molar-refractivity contribution in [2.24, 2.45) is 0 Å². The standard InChI is InChI=1S/C10H17N3OS/c1-3-10-13-8(7-15-10)6-9(14)12-5-4-11-2/h7,11H,3-6H2,1-2H3,(H,12,14). The Morgan fingerprint density at radius 3 is 2.93 bits per heavy atom. The van der Waals surface area contributed by atoms with Gasteiger partial charge >= 0.3 is 0 Å². The van der Waals surface area contributed by atoms with E-state index in [2.05, 4.69) is 22.5 Å². The van der Waals surface area contributed by atoms with E-state index in [9.17, 15) is 4.79 Å². The highest BCUT2D eigenvalue weighted by Gasteiger charge is 2.05. The van der Waals surface area contributed by atoms with Gasteiger partial charge in [-0.3, -0.25) is 4.79 Å². The number of nitrogens with zero attached hydrogens (tertiary/aromatic N) is 1. The Morgan fingerprint density at radius 2 is 2.33 bits per heavy atom. The third-order valence-electron chi connectivity index (χ3n) is 1.94. The lowest BCUT2D eigenvalue weighted by Gasteiger charge is -2.02. The van der Waals surface area contributed by atoms with Crippen molar-refractivity contribution in [2.45, 2.75) is 19.8 Å². The first-order valence-corrected chi connectivity index (χ1v) is 5.98. The normalized spacial score (nSPS) is 10.3. The minimum atomic E-state index is 0.0400. The third-order valence-corrected chi connectivity index (χ3v) is 2.98. The zero-order valence-electron chi connectivity index (χ0n) is 9.17. The molecule has 0 saturated heterocycles. The third kappa shape index (κ3) is 4.40. The average molecular weight is 227 g/mol. The summed E-state index contributed by atoms with van der Waals surface area (Å²) in [6.07, 6.45) is 1.33. The summed E-state index contributed by atoms with van der Waals surface area (Å²) in [6.45, 7) is 3.53. The number of hydrogen-bond donors (Lipinski definition) is 2. The molecule has 1 amide bonds. The van der Waals surface area contributed by atoms with Crippen molar-refractivity contribution in [2.75, 3.05) is 20.1 Å². The first kappa shape index (κ1) is 12.1. The fourth-order valence-electron chi connectivity index (χ4n) is 1.15. The molecule has 1 heterocycles. The van der Waals surface area contributed by atoms with Crippen LogP contribution >= 0.6 is 11.3 Å². The van der Waals surface area contributed by atoms with E-state index in [1.165, 1.54) is 0 Å². The molecule has 0 unspecified atom stereocenters. The van der Waals surface area contributed by atoms with Gasteiger partial charge in [-0.25, -0.2) is 4.98 Å². The molecule has 0 spiro atoms. The molecule has 0 aromatic carbocycles. The van der Waals surface area contributed by atoms with E-state index in [0.717, 1.165) is 23.7 Å². The molecule has 0 aliphatic heterocycles. The van der Waals surface area contributed by atoms with Crippen molar-refractivity contribution in [1.82, 2.24) is 15.6 Å². The molecule has 4 nitrogen and oxygen atoms in total. The lowest BCUT2D eigenvalue weighted by molar-refractivity contribution is -0.120. The van der Waals surface area contributed by atoms with Crippen LogP contribution in [0.2, 0.25) is 0 Å². The molecule has 0 aliphatic rings. The molecule has 84 valence electrons. The van der Waals surface area contributed by atoms with Gasteiger partial charge in [-0.2, -0.15) is 0 Å². The summed E-state index contributed by atoms with van der Waals surface area (Å²) in [7, 11) is 1.86. The summed E-state index contributed by atoms with van der Waals surface area (Å²) in [4.78, 5) is 15.7. The van der Waals surface area contributed by atoms with Gasteiger partial charge in [0.1, 0.15) is 0 Å². The second kappa shape index (κ2) is 6.53. The minimum absolute atomic E-state index is 0.0400. The van der Waals surface area contributed by atoms with Gasteiger partial charge in [0.2, 0.25) is 5.91 Å². The number of aryl methyl sites for hydroxylation is 1. The van der Waals surface area contributed by atoms with Crippen molar-refractivity contribution in [3.63, 3.8) is 0 Å². The molecule has 1 aromatic rings. The number of thiazole rings is 1. The maximum atomic E-state index is 11.4. The van der Waals surface area contributed by atoms with E-state index in [0.29, 0.717) is 13.0 Å². The highest BCUT2D eigenvalue weighted by molar-refractivity contribution is 7.09. The molecular weight excluding hydrogens is 210 g/mol. The van der Waals surface area contributed by atoms with Crippen LogP contribution in [0.3, 0.4) is 0 Å². The van der Waals surface area contributed by atoms with Gasteiger partial charge in [-0.05, 0) is 13.5 Å². The Morgan fingerprint density at radius 1 is 1.53 bits per heavy atom. The van der Waals surface area contributed by atoms with Crippen LogP contribution < -0.4 is 10.6 Å². The SMILES string of the molecule is CCc1nc(CC(=O)NCCNC)cs1. The molecule has 2 N–H and O–H groups in total. The van der Waals surface area contributed by atoms with Crippen LogP contribution in [0.1, 0.15) is 17.6 Å². The molecule has 1 rings (SSSR count). The first-order valence-electron chi connectivity index (χ1n) is 5.10. The summed E-state index contributed by atoms with van der Waals surface area (Å²) in [6, 6.07) is 0. The molecule has 0 aliphatic carbocycles. The van der Waals surface area contributed by atoms with Crippen LogP contribution in [-0.2, 0) is 17.6 Å². The van der Waals surface area contributed by atoms with Crippen molar-refractivity contribution in [1.29, 1.82) is 0 Å². The molecule has 0 radical (unpaired) electrons. The number of nitrogens with one attached hydrogen (secondary N) is 2. The molecule has 0 saturated carbocycles. The Hall–Kier alpha value is -0.940. The molecule has 15 heavy (non-hydrogen) atoms. The fourth-order valence-corrected chi connectivity index (χ4v) is 1.89. The number of aromatic nitrogens is 1. The number of hydrogen-bond acceptors (Lipinski definition) is 4. The molecule has 0 fully saturated rings.